The van der Waals surface area contributed by atoms with Crippen LogP contribution >= 0.6 is 11.3 Å². The second kappa shape index (κ2) is 8.18. The number of halogens is 1. The first-order valence-corrected chi connectivity index (χ1v) is 12.3. The zero-order valence-electron chi connectivity index (χ0n) is 18.7. The van der Waals surface area contributed by atoms with Crippen LogP contribution in [0.15, 0.2) is 55.1 Å². The molecule has 6 aromatic heterocycles. The number of aliphatic hydroxyl groups is 1. The van der Waals surface area contributed by atoms with Crippen molar-refractivity contribution in [2.45, 2.75) is 19.1 Å². The lowest BCUT2D eigenvalue weighted by atomic mass is 10.1. The molecule has 4 N–H and O–H groups in total. The third-order valence-electron chi connectivity index (χ3n) is 6.33. The number of H-pyrrole nitrogens is 2. The van der Waals surface area contributed by atoms with Gasteiger partial charge in [-0.1, -0.05) is 0 Å². The highest BCUT2D eigenvalue weighted by Crippen LogP contribution is 2.35. The van der Waals surface area contributed by atoms with E-state index in [0.29, 0.717) is 28.7 Å². The maximum atomic E-state index is 13.7. The van der Waals surface area contributed by atoms with Crippen molar-refractivity contribution in [3.8, 4) is 33.1 Å². The number of aromatic nitrogens is 7. The van der Waals surface area contributed by atoms with Crippen LogP contribution in [0, 0.1) is 11.0 Å². The number of aliphatic hydroxyl groups excluding tert-OH is 1. The van der Waals surface area contributed by atoms with E-state index in [2.05, 4.69) is 40.4 Å². The zero-order valence-corrected chi connectivity index (χ0v) is 19.6. The minimum Gasteiger partial charge on any atom is -0.374 e. The van der Waals surface area contributed by atoms with E-state index in [-0.39, 0.29) is 5.13 Å². The van der Waals surface area contributed by atoms with Crippen LogP contribution in [0.4, 0.5) is 10.1 Å². The fourth-order valence-corrected chi connectivity index (χ4v) is 5.07. The van der Waals surface area contributed by atoms with E-state index in [4.69, 9.17) is 0 Å². The average molecular weight is 499 g/mol. The van der Waals surface area contributed by atoms with Crippen LogP contribution in [0.5, 0.6) is 0 Å². The summed E-state index contributed by atoms with van der Waals surface area (Å²) < 4.78 is 13.7. The number of imidazole rings is 1. The predicted octanol–water partition coefficient (Wildman–Crippen LogP) is 4.97. The Morgan fingerprint density at radius 2 is 1.94 bits per heavy atom. The van der Waals surface area contributed by atoms with Crippen LogP contribution < -0.4 is 5.32 Å². The number of rotatable bonds is 6. The summed E-state index contributed by atoms with van der Waals surface area (Å²) in [6.07, 6.45) is 8.37. The second-order valence-electron chi connectivity index (χ2n) is 8.83. The Labute approximate surface area is 207 Å². The van der Waals surface area contributed by atoms with E-state index < -0.39 is 6.23 Å². The third kappa shape index (κ3) is 3.69. The fourth-order valence-electron chi connectivity index (χ4n) is 4.31. The number of anilines is 1. The zero-order chi connectivity index (χ0) is 24.2. The lowest BCUT2D eigenvalue weighted by Gasteiger charge is -2.13. The molecule has 6 heterocycles. The quantitative estimate of drug-likeness (QED) is 0.239. The Bertz CT molecular complexity index is 1740. The van der Waals surface area contributed by atoms with Crippen molar-refractivity contribution in [1.82, 2.24) is 35.1 Å². The smallest absolute Gasteiger partial charge is 0.181 e. The van der Waals surface area contributed by atoms with Gasteiger partial charge in [0.25, 0.3) is 0 Å². The molecule has 6 aromatic rings. The molecule has 1 fully saturated rings. The topological polar surface area (TPSA) is 128 Å². The van der Waals surface area contributed by atoms with Crippen molar-refractivity contribution in [2.24, 2.45) is 5.92 Å². The molecule has 0 spiro atoms. The number of aromatic amines is 2. The highest BCUT2D eigenvalue weighted by atomic mass is 32.1. The number of hydrogen-bond donors (Lipinski definition) is 4. The van der Waals surface area contributed by atoms with Crippen molar-refractivity contribution in [1.29, 1.82) is 0 Å². The molecule has 0 aliphatic heterocycles. The van der Waals surface area contributed by atoms with Crippen LogP contribution in [0.1, 0.15) is 12.8 Å². The molecule has 36 heavy (non-hydrogen) atoms. The number of fused-ring (bicyclic) bond motifs is 2. The van der Waals surface area contributed by atoms with Crippen molar-refractivity contribution in [2.75, 3.05) is 5.32 Å². The average Bonchev–Trinajstić information content (AvgIpc) is 3.30. The Morgan fingerprint density at radius 1 is 1.06 bits per heavy atom. The molecule has 7 rings (SSSR count). The Hall–Kier alpha value is -4.22. The first-order valence-electron chi connectivity index (χ1n) is 11.5. The van der Waals surface area contributed by atoms with Crippen LogP contribution in [-0.4, -0.2) is 46.5 Å². The summed E-state index contributed by atoms with van der Waals surface area (Å²) in [6, 6.07) is 8.96. The highest BCUT2D eigenvalue weighted by molar-refractivity contribution is 7.14. The maximum absolute atomic E-state index is 13.7. The van der Waals surface area contributed by atoms with Crippen LogP contribution in [-0.2, 0) is 0 Å². The lowest BCUT2D eigenvalue weighted by Crippen LogP contribution is -2.20. The van der Waals surface area contributed by atoms with E-state index in [1.165, 1.54) is 6.07 Å². The SMILES string of the molecule is OC(Nc1cncc(-c2cnc3n[nH]c(-c4nc5nccc(-c6ccc(F)s6)c5[nH]4)c3c2)c1)C1CC1. The first-order chi connectivity index (χ1) is 17.6. The van der Waals surface area contributed by atoms with Crippen molar-refractivity contribution >= 4 is 39.2 Å². The molecule has 1 aliphatic rings. The Kier molecular flexibility index (Phi) is 4.79. The second-order valence-corrected chi connectivity index (χ2v) is 9.86. The van der Waals surface area contributed by atoms with E-state index in [9.17, 15) is 9.50 Å². The number of nitrogens with zero attached hydrogens (tertiary/aromatic N) is 5. The lowest BCUT2D eigenvalue weighted by molar-refractivity contribution is 0.180. The highest BCUT2D eigenvalue weighted by Gasteiger charge is 2.29. The minimum atomic E-state index is -0.569. The van der Waals surface area contributed by atoms with Gasteiger partial charge in [-0.05, 0) is 43.2 Å². The van der Waals surface area contributed by atoms with Gasteiger partial charge >= 0.3 is 0 Å². The van der Waals surface area contributed by atoms with Crippen LogP contribution in [0.2, 0.25) is 0 Å². The van der Waals surface area contributed by atoms with E-state index in [1.54, 1.807) is 30.9 Å². The van der Waals surface area contributed by atoms with Gasteiger partial charge < -0.3 is 15.4 Å². The molecule has 178 valence electrons. The molecule has 0 bridgehead atoms. The molecule has 1 atom stereocenters. The molecule has 9 nitrogen and oxygen atoms in total. The summed E-state index contributed by atoms with van der Waals surface area (Å²) in [5.74, 6) is 0.863. The molecule has 0 saturated heterocycles. The molecule has 1 unspecified atom stereocenters. The van der Waals surface area contributed by atoms with Gasteiger partial charge in [-0.25, -0.2) is 15.0 Å². The summed E-state index contributed by atoms with van der Waals surface area (Å²) >= 11 is 1.08. The summed E-state index contributed by atoms with van der Waals surface area (Å²) in [7, 11) is 0. The van der Waals surface area contributed by atoms with Gasteiger partial charge in [-0.2, -0.15) is 9.49 Å². The van der Waals surface area contributed by atoms with E-state index in [0.717, 1.165) is 62.3 Å². The third-order valence-corrected chi connectivity index (χ3v) is 7.24. The summed E-state index contributed by atoms with van der Waals surface area (Å²) in [4.78, 5) is 22.0. The minimum absolute atomic E-state index is 0.247. The molecule has 0 radical (unpaired) electrons. The normalized spacial score (nSPS) is 14.5. The molecule has 1 aliphatic carbocycles. The van der Waals surface area contributed by atoms with Crippen LogP contribution in [0.25, 0.3) is 55.3 Å². The maximum Gasteiger partial charge on any atom is 0.181 e. The number of hydrogen-bond acceptors (Lipinski definition) is 8. The Morgan fingerprint density at radius 3 is 2.78 bits per heavy atom. The molecular formula is C25H19FN8OS. The monoisotopic (exact) mass is 498 g/mol. The van der Waals surface area contributed by atoms with E-state index >= 15 is 0 Å². The summed E-state index contributed by atoms with van der Waals surface area (Å²) in [5.41, 5.74) is 5.77. The van der Waals surface area contributed by atoms with Gasteiger partial charge in [-0.3, -0.25) is 10.1 Å². The number of nitrogens with one attached hydrogen (secondary N) is 3. The molecule has 11 heteroatoms. The fraction of sp³-hybridized carbons (Fsp3) is 0.160. The van der Waals surface area contributed by atoms with Gasteiger partial charge in [-0.15, -0.1) is 11.3 Å². The molecular weight excluding hydrogens is 479 g/mol. The number of pyridine rings is 3. The standard InChI is InChI=1S/C25H19FN8OS/c26-19-4-3-18(36-19)16-5-6-28-23-20(16)31-24(32-23)21-17-8-14(10-29-22(17)34-33-21)13-7-15(11-27-9-13)30-25(35)12-1-2-12/h3-12,25,30,35H,1-2H2,(H,28,31,32)(H,29,33,34). The summed E-state index contributed by atoms with van der Waals surface area (Å²) in [5, 5.41) is 21.3. The van der Waals surface area contributed by atoms with Gasteiger partial charge in [0.15, 0.2) is 22.2 Å². The Balaban J connectivity index is 1.28. The van der Waals surface area contributed by atoms with Gasteiger partial charge in [0.05, 0.1) is 22.8 Å². The predicted molar refractivity (Wildman–Crippen MR) is 136 cm³/mol. The first kappa shape index (κ1) is 21.1. The van der Waals surface area contributed by atoms with Gasteiger partial charge in [0, 0.05) is 46.1 Å². The van der Waals surface area contributed by atoms with Crippen molar-refractivity contribution in [3.63, 3.8) is 0 Å². The van der Waals surface area contributed by atoms with E-state index in [1.807, 2.05) is 18.2 Å². The van der Waals surface area contributed by atoms with Gasteiger partial charge in [0.2, 0.25) is 0 Å². The van der Waals surface area contributed by atoms with Crippen molar-refractivity contribution in [3.05, 3.63) is 60.3 Å². The van der Waals surface area contributed by atoms with Gasteiger partial charge in [0.1, 0.15) is 11.9 Å². The molecule has 0 aromatic carbocycles. The summed E-state index contributed by atoms with van der Waals surface area (Å²) in [6.45, 7) is 0. The molecule has 1 saturated carbocycles. The largest absolute Gasteiger partial charge is 0.374 e. The van der Waals surface area contributed by atoms with Crippen LogP contribution in [0.3, 0.4) is 0 Å². The van der Waals surface area contributed by atoms with Crippen molar-refractivity contribution < 1.29 is 9.50 Å². The number of thiophene rings is 1. The molecule has 0 amide bonds.